The number of carbonyl (C=O) groups is 1. The van der Waals surface area contributed by atoms with Gasteiger partial charge in [-0.05, 0) is 60.0 Å². The van der Waals surface area contributed by atoms with Crippen molar-refractivity contribution in [1.82, 2.24) is 4.31 Å². The summed E-state index contributed by atoms with van der Waals surface area (Å²) in [5.74, 6) is 0.542. The van der Waals surface area contributed by atoms with Gasteiger partial charge in [-0.25, -0.2) is 8.42 Å². The fourth-order valence-electron chi connectivity index (χ4n) is 4.03. The van der Waals surface area contributed by atoms with Crippen LogP contribution in [-0.4, -0.2) is 45.9 Å². The molecule has 1 amide bonds. The third kappa shape index (κ3) is 4.29. The van der Waals surface area contributed by atoms with Crippen molar-refractivity contribution in [1.29, 1.82) is 0 Å². The molecule has 0 bridgehead atoms. The van der Waals surface area contributed by atoms with E-state index in [1.807, 2.05) is 54.6 Å². The number of carbonyl (C=O) groups excluding carboxylic acids is 1. The highest BCUT2D eigenvalue weighted by molar-refractivity contribution is 7.89. The smallest absolute Gasteiger partial charge is 0.243 e. The number of piperidine rings is 1. The van der Waals surface area contributed by atoms with Crippen molar-refractivity contribution in [3.63, 3.8) is 0 Å². The van der Waals surface area contributed by atoms with Crippen LogP contribution in [0.15, 0.2) is 71.6 Å². The van der Waals surface area contributed by atoms with Gasteiger partial charge in [0.15, 0.2) is 0 Å². The molecular weight excluding hydrogens is 412 g/mol. The second-order valence-corrected chi connectivity index (χ2v) is 9.72. The fraction of sp³-hybridized carbons (Fsp3) is 0.292. The number of anilines is 1. The third-order valence-electron chi connectivity index (χ3n) is 5.95. The molecule has 0 radical (unpaired) electrons. The van der Waals surface area contributed by atoms with Crippen LogP contribution in [0, 0.1) is 5.92 Å². The van der Waals surface area contributed by atoms with E-state index in [0.29, 0.717) is 30.8 Å². The molecule has 0 spiro atoms. The van der Waals surface area contributed by atoms with Crippen molar-refractivity contribution in [2.24, 2.45) is 5.92 Å². The molecule has 0 unspecified atom stereocenters. The summed E-state index contributed by atoms with van der Waals surface area (Å²) in [4.78, 5) is 14.9. The van der Waals surface area contributed by atoms with Crippen LogP contribution in [0.3, 0.4) is 0 Å². The number of hydrogen-bond donors (Lipinski definition) is 0. The summed E-state index contributed by atoms with van der Waals surface area (Å²) in [6.07, 6.45) is 1.01. The van der Waals surface area contributed by atoms with Gasteiger partial charge in [0.2, 0.25) is 15.9 Å². The summed E-state index contributed by atoms with van der Waals surface area (Å²) in [6, 6.07) is 20.2. The Kier molecular flexibility index (Phi) is 5.98. The second-order valence-electron chi connectivity index (χ2n) is 7.78. The first-order chi connectivity index (χ1) is 14.9. The molecular formula is C24H26N2O4S. The number of ether oxygens (including phenoxy) is 1. The van der Waals surface area contributed by atoms with Crippen molar-refractivity contribution in [2.75, 3.05) is 32.1 Å². The molecule has 4 rings (SSSR count). The summed E-state index contributed by atoms with van der Waals surface area (Å²) in [5, 5.41) is 1.90. The van der Waals surface area contributed by atoms with Gasteiger partial charge < -0.3 is 9.64 Å². The summed E-state index contributed by atoms with van der Waals surface area (Å²) >= 11 is 0. The predicted octanol–water partition coefficient (Wildman–Crippen LogP) is 3.91. The van der Waals surface area contributed by atoms with E-state index >= 15 is 0 Å². The summed E-state index contributed by atoms with van der Waals surface area (Å²) in [6.45, 7) is 0.671. The monoisotopic (exact) mass is 438 g/mol. The van der Waals surface area contributed by atoms with Crippen molar-refractivity contribution in [3.8, 4) is 5.75 Å². The Bertz CT molecular complexity index is 1180. The zero-order valence-electron chi connectivity index (χ0n) is 17.7. The summed E-state index contributed by atoms with van der Waals surface area (Å²) in [5.41, 5.74) is 0.789. The van der Waals surface area contributed by atoms with Crippen molar-refractivity contribution >= 4 is 32.4 Å². The van der Waals surface area contributed by atoms with E-state index in [4.69, 9.17) is 4.74 Å². The third-order valence-corrected chi connectivity index (χ3v) is 7.85. The van der Waals surface area contributed by atoms with Crippen LogP contribution in [-0.2, 0) is 14.8 Å². The minimum absolute atomic E-state index is 0.00733. The fourth-order valence-corrected chi connectivity index (χ4v) is 5.53. The largest absolute Gasteiger partial charge is 0.497 e. The number of hydrogen-bond acceptors (Lipinski definition) is 4. The molecule has 0 atom stereocenters. The Labute approximate surface area is 183 Å². The van der Waals surface area contributed by atoms with E-state index in [2.05, 4.69) is 0 Å². The highest BCUT2D eigenvalue weighted by Gasteiger charge is 2.33. The van der Waals surface area contributed by atoms with Crippen molar-refractivity contribution in [3.05, 3.63) is 66.7 Å². The van der Waals surface area contributed by atoms with Crippen LogP contribution in [0.5, 0.6) is 5.75 Å². The first kappa shape index (κ1) is 21.3. The molecule has 31 heavy (non-hydrogen) atoms. The number of benzene rings is 3. The zero-order valence-corrected chi connectivity index (χ0v) is 18.5. The molecule has 1 aliphatic heterocycles. The Balaban J connectivity index is 1.43. The van der Waals surface area contributed by atoms with Gasteiger partial charge in [0.1, 0.15) is 5.75 Å². The minimum atomic E-state index is -3.59. The number of nitrogens with zero attached hydrogens (tertiary/aromatic N) is 2. The first-order valence-corrected chi connectivity index (χ1v) is 11.7. The Morgan fingerprint density at radius 3 is 2.26 bits per heavy atom. The Morgan fingerprint density at radius 2 is 1.61 bits per heavy atom. The number of amides is 1. The van der Waals surface area contributed by atoms with Crippen LogP contribution < -0.4 is 9.64 Å². The molecule has 1 fully saturated rings. The van der Waals surface area contributed by atoms with Crippen LogP contribution >= 0.6 is 0 Å². The lowest BCUT2D eigenvalue weighted by Gasteiger charge is -2.32. The Hall–Kier alpha value is -2.90. The normalized spacial score (nSPS) is 15.7. The lowest BCUT2D eigenvalue weighted by molar-refractivity contribution is -0.123. The first-order valence-electron chi connectivity index (χ1n) is 10.3. The van der Waals surface area contributed by atoms with Gasteiger partial charge in [0.25, 0.3) is 0 Å². The average molecular weight is 439 g/mol. The van der Waals surface area contributed by atoms with E-state index in [0.717, 1.165) is 22.2 Å². The number of sulfonamides is 1. The topological polar surface area (TPSA) is 66.9 Å². The maximum absolute atomic E-state index is 13.1. The quantitative estimate of drug-likeness (QED) is 0.606. The van der Waals surface area contributed by atoms with Crippen LogP contribution in [0.4, 0.5) is 5.69 Å². The summed E-state index contributed by atoms with van der Waals surface area (Å²) in [7, 11) is -0.235. The molecule has 0 saturated carbocycles. The standard InChI is InChI=1S/C24H26N2O4S/c1-25(21-8-10-22(30-2)11-9-21)24(27)19-13-15-26(16-14-19)31(28,29)23-12-7-18-5-3-4-6-20(18)17-23/h3-12,17,19H,13-16H2,1-2H3. The number of methoxy groups -OCH3 is 1. The summed E-state index contributed by atoms with van der Waals surface area (Å²) < 4.78 is 32.9. The zero-order chi connectivity index (χ0) is 22.0. The van der Waals surface area contributed by atoms with E-state index in [9.17, 15) is 13.2 Å². The van der Waals surface area contributed by atoms with Gasteiger partial charge in [0, 0.05) is 31.7 Å². The molecule has 0 aliphatic carbocycles. The van der Waals surface area contributed by atoms with E-state index in [1.165, 1.54) is 4.31 Å². The Morgan fingerprint density at radius 1 is 0.968 bits per heavy atom. The van der Waals surface area contributed by atoms with Crippen molar-refractivity contribution < 1.29 is 17.9 Å². The molecule has 3 aromatic rings. The molecule has 1 aliphatic rings. The van der Waals surface area contributed by atoms with Gasteiger partial charge in [-0.1, -0.05) is 30.3 Å². The average Bonchev–Trinajstić information content (AvgIpc) is 2.83. The molecule has 0 N–H and O–H groups in total. The molecule has 7 heteroatoms. The lowest BCUT2D eigenvalue weighted by atomic mass is 9.96. The molecule has 0 aromatic heterocycles. The molecule has 1 heterocycles. The SMILES string of the molecule is COc1ccc(N(C)C(=O)C2CCN(S(=O)(=O)c3ccc4ccccc4c3)CC2)cc1. The van der Waals surface area contributed by atoms with E-state index < -0.39 is 10.0 Å². The number of rotatable bonds is 5. The second kappa shape index (κ2) is 8.69. The van der Waals surface area contributed by atoms with Crippen molar-refractivity contribution in [2.45, 2.75) is 17.7 Å². The van der Waals surface area contributed by atoms with Gasteiger partial charge in [-0.15, -0.1) is 0 Å². The van der Waals surface area contributed by atoms with Gasteiger partial charge in [-0.3, -0.25) is 4.79 Å². The highest BCUT2D eigenvalue weighted by atomic mass is 32.2. The van der Waals surface area contributed by atoms with Crippen LogP contribution in [0.2, 0.25) is 0 Å². The predicted molar refractivity (Wildman–Crippen MR) is 122 cm³/mol. The lowest BCUT2D eigenvalue weighted by Crippen LogP contribution is -2.43. The highest BCUT2D eigenvalue weighted by Crippen LogP contribution is 2.28. The van der Waals surface area contributed by atoms with E-state index in [1.54, 1.807) is 31.2 Å². The maximum Gasteiger partial charge on any atom is 0.243 e. The van der Waals surface area contributed by atoms with Gasteiger partial charge >= 0.3 is 0 Å². The number of fused-ring (bicyclic) bond motifs is 1. The molecule has 3 aromatic carbocycles. The van der Waals surface area contributed by atoms with Crippen LogP contribution in [0.25, 0.3) is 10.8 Å². The molecule has 162 valence electrons. The molecule has 1 saturated heterocycles. The van der Waals surface area contributed by atoms with Gasteiger partial charge in [-0.2, -0.15) is 4.31 Å². The van der Waals surface area contributed by atoms with Crippen LogP contribution in [0.1, 0.15) is 12.8 Å². The maximum atomic E-state index is 13.1. The van der Waals surface area contributed by atoms with E-state index in [-0.39, 0.29) is 11.8 Å². The van der Waals surface area contributed by atoms with Gasteiger partial charge in [0.05, 0.1) is 12.0 Å². The molecule has 6 nitrogen and oxygen atoms in total. The minimum Gasteiger partial charge on any atom is -0.497 e.